The van der Waals surface area contributed by atoms with Gasteiger partial charge in [0.1, 0.15) is 11.9 Å². The van der Waals surface area contributed by atoms with E-state index in [4.69, 9.17) is 4.74 Å². The van der Waals surface area contributed by atoms with E-state index >= 15 is 0 Å². The molecule has 1 aliphatic heterocycles. The summed E-state index contributed by atoms with van der Waals surface area (Å²) in [5.74, 6) is -2.89. The van der Waals surface area contributed by atoms with Crippen LogP contribution in [0, 0.1) is 25.6 Å². The van der Waals surface area contributed by atoms with Crippen LogP contribution < -0.4 is 5.32 Å². The number of carbonyl (C=O) groups excluding carboxylic acids is 1. The molecule has 3 rings (SSSR count). The molecule has 0 spiro atoms. The molecule has 2 aromatic carbocycles. The summed E-state index contributed by atoms with van der Waals surface area (Å²) in [6.45, 7) is 4.85. The normalized spacial score (nSPS) is 17.8. The fourth-order valence-electron chi connectivity index (χ4n) is 3.43. The lowest BCUT2D eigenvalue weighted by molar-refractivity contribution is -0.142. The first kappa shape index (κ1) is 20.0. The van der Waals surface area contributed by atoms with Gasteiger partial charge in [0.15, 0.2) is 0 Å². The van der Waals surface area contributed by atoms with Gasteiger partial charge in [-0.05, 0) is 61.1 Å². The molecule has 28 heavy (non-hydrogen) atoms. The van der Waals surface area contributed by atoms with Gasteiger partial charge < -0.3 is 15.2 Å². The molecule has 2 N–H and O–H groups in total. The number of aliphatic carboxylic acids is 1. The van der Waals surface area contributed by atoms with Crippen LogP contribution in [0.15, 0.2) is 36.4 Å². The highest BCUT2D eigenvalue weighted by Crippen LogP contribution is 2.25. The highest BCUT2D eigenvalue weighted by molar-refractivity contribution is 5.97. The van der Waals surface area contributed by atoms with Crippen molar-refractivity contribution < 1.29 is 23.8 Å². The molecule has 148 valence electrons. The summed E-state index contributed by atoms with van der Waals surface area (Å²) in [5.41, 5.74) is 3.59. The van der Waals surface area contributed by atoms with Crippen molar-refractivity contribution in [1.29, 1.82) is 0 Å². The van der Waals surface area contributed by atoms with Crippen LogP contribution in [0.2, 0.25) is 0 Å². The Hall–Kier alpha value is -2.73. The Morgan fingerprint density at radius 2 is 1.86 bits per heavy atom. The second kappa shape index (κ2) is 8.52. The van der Waals surface area contributed by atoms with Crippen LogP contribution in [0.5, 0.6) is 0 Å². The molecule has 0 radical (unpaired) electrons. The average Bonchev–Trinajstić information content (AvgIpc) is 2.68. The minimum atomic E-state index is -1.14. The lowest BCUT2D eigenvalue weighted by atomic mass is 9.93. The molecule has 1 heterocycles. The lowest BCUT2D eigenvalue weighted by Crippen LogP contribution is -2.48. The number of hydrogen-bond donors (Lipinski definition) is 2. The van der Waals surface area contributed by atoms with Crippen LogP contribution in [0.3, 0.4) is 0 Å². The highest BCUT2D eigenvalue weighted by atomic mass is 19.1. The van der Waals surface area contributed by atoms with E-state index in [0.717, 1.165) is 23.1 Å². The number of aryl methyl sites for hydroxylation is 2. The number of carboxylic acids is 1. The maximum Gasteiger partial charge on any atom is 0.326 e. The van der Waals surface area contributed by atoms with Crippen LogP contribution in [-0.4, -0.2) is 36.2 Å². The van der Waals surface area contributed by atoms with Crippen molar-refractivity contribution in [3.8, 4) is 11.1 Å². The monoisotopic (exact) mass is 385 g/mol. The van der Waals surface area contributed by atoms with Crippen LogP contribution in [-0.2, 0) is 9.53 Å². The third-order valence-corrected chi connectivity index (χ3v) is 5.27. The van der Waals surface area contributed by atoms with Gasteiger partial charge in [-0.25, -0.2) is 9.18 Å². The average molecular weight is 385 g/mol. The standard InChI is InChI=1S/C22H24FNO4/c1-13-5-6-15(10-14(13)2)16-7-8-18(19(23)11-16)21(25)24-20(22(26)27)17-4-3-9-28-12-17/h5-8,10-11,17,20H,3-4,9,12H2,1-2H3,(H,24,25)(H,26,27). The van der Waals surface area contributed by atoms with E-state index in [0.29, 0.717) is 18.6 Å². The minimum absolute atomic E-state index is 0.171. The van der Waals surface area contributed by atoms with Crippen molar-refractivity contribution in [2.24, 2.45) is 5.92 Å². The zero-order valence-corrected chi connectivity index (χ0v) is 16.0. The Balaban J connectivity index is 1.79. The van der Waals surface area contributed by atoms with Gasteiger partial charge in [0.2, 0.25) is 0 Å². The van der Waals surface area contributed by atoms with Gasteiger partial charge in [0, 0.05) is 12.5 Å². The number of hydrogen-bond acceptors (Lipinski definition) is 3. The largest absolute Gasteiger partial charge is 0.480 e. The number of rotatable bonds is 5. The van der Waals surface area contributed by atoms with Crippen molar-refractivity contribution in [1.82, 2.24) is 5.32 Å². The smallest absolute Gasteiger partial charge is 0.326 e. The van der Waals surface area contributed by atoms with Gasteiger partial charge in [-0.15, -0.1) is 0 Å². The number of nitrogens with one attached hydrogen (secondary N) is 1. The quantitative estimate of drug-likeness (QED) is 0.823. The van der Waals surface area contributed by atoms with Gasteiger partial charge in [-0.2, -0.15) is 0 Å². The molecule has 1 saturated heterocycles. The molecule has 0 bridgehead atoms. The number of benzene rings is 2. The maximum absolute atomic E-state index is 14.6. The van der Waals surface area contributed by atoms with Crippen molar-refractivity contribution in [3.63, 3.8) is 0 Å². The van der Waals surface area contributed by atoms with Crippen molar-refractivity contribution in [2.45, 2.75) is 32.7 Å². The van der Waals surface area contributed by atoms with Gasteiger partial charge in [-0.3, -0.25) is 4.79 Å². The molecule has 1 fully saturated rings. The number of carboxylic acid groups (broad SMARTS) is 1. The first-order valence-corrected chi connectivity index (χ1v) is 9.35. The second-order valence-corrected chi connectivity index (χ2v) is 7.26. The Bertz CT molecular complexity index is 890. The van der Waals surface area contributed by atoms with Gasteiger partial charge >= 0.3 is 5.97 Å². The zero-order valence-electron chi connectivity index (χ0n) is 16.0. The zero-order chi connectivity index (χ0) is 20.3. The Morgan fingerprint density at radius 3 is 2.46 bits per heavy atom. The molecule has 2 unspecified atom stereocenters. The molecule has 2 aromatic rings. The predicted octanol–water partition coefficient (Wildman–Crippen LogP) is 3.72. The van der Waals surface area contributed by atoms with Crippen molar-refractivity contribution in [2.75, 3.05) is 13.2 Å². The first-order chi connectivity index (χ1) is 13.4. The number of amides is 1. The molecule has 0 aliphatic carbocycles. The molecule has 6 heteroatoms. The molecule has 1 amide bonds. The molecule has 1 aliphatic rings. The minimum Gasteiger partial charge on any atom is -0.480 e. The van der Waals surface area contributed by atoms with Crippen molar-refractivity contribution >= 4 is 11.9 Å². The second-order valence-electron chi connectivity index (χ2n) is 7.26. The maximum atomic E-state index is 14.6. The molecular formula is C22H24FNO4. The Kier molecular flexibility index (Phi) is 6.09. The SMILES string of the molecule is Cc1ccc(-c2ccc(C(=O)NC(C(=O)O)C3CCCOC3)c(F)c2)cc1C. The fraction of sp³-hybridized carbons (Fsp3) is 0.364. The number of halogens is 1. The highest BCUT2D eigenvalue weighted by Gasteiger charge is 2.32. The predicted molar refractivity (Wildman–Crippen MR) is 104 cm³/mol. The molecule has 5 nitrogen and oxygen atoms in total. The van der Waals surface area contributed by atoms with Crippen molar-refractivity contribution in [3.05, 3.63) is 58.9 Å². The molecule has 0 aromatic heterocycles. The molecular weight excluding hydrogens is 361 g/mol. The summed E-state index contributed by atoms with van der Waals surface area (Å²) < 4.78 is 19.9. The topological polar surface area (TPSA) is 75.6 Å². The summed E-state index contributed by atoms with van der Waals surface area (Å²) >= 11 is 0. The summed E-state index contributed by atoms with van der Waals surface area (Å²) in [5, 5.41) is 11.9. The summed E-state index contributed by atoms with van der Waals surface area (Å²) in [6, 6.07) is 9.10. The molecule has 0 saturated carbocycles. The van der Waals surface area contributed by atoms with Crippen LogP contribution in [0.4, 0.5) is 4.39 Å². The van der Waals surface area contributed by atoms with E-state index in [2.05, 4.69) is 5.32 Å². The lowest BCUT2D eigenvalue weighted by Gasteiger charge is -2.28. The third kappa shape index (κ3) is 4.39. The fourth-order valence-corrected chi connectivity index (χ4v) is 3.43. The number of carbonyl (C=O) groups is 2. The van der Waals surface area contributed by atoms with E-state index in [1.165, 1.54) is 12.1 Å². The van der Waals surface area contributed by atoms with E-state index in [9.17, 15) is 19.1 Å². The van der Waals surface area contributed by atoms with Crippen LogP contribution >= 0.6 is 0 Å². The van der Waals surface area contributed by atoms with E-state index in [-0.39, 0.29) is 18.1 Å². The Morgan fingerprint density at radius 1 is 1.14 bits per heavy atom. The van der Waals surface area contributed by atoms with Crippen LogP contribution in [0.1, 0.15) is 34.3 Å². The molecule has 2 atom stereocenters. The van der Waals surface area contributed by atoms with Crippen LogP contribution in [0.25, 0.3) is 11.1 Å². The van der Waals surface area contributed by atoms with Gasteiger partial charge in [0.05, 0.1) is 12.2 Å². The summed E-state index contributed by atoms with van der Waals surface area (Å²) in [6.07, 6.45) is 1.38. The van der Waals surface area contributed by atoms with Gasteiger partial charge in [0.25, 0.3) is 5.91 Å². The Labute approximate surface area is 163 Å². The summed E-state index contributed by atoms with van der Waals surface area (Å²) in [7, 11) is 0. The van der Waals surface area contributed by atoms with E-state index in [1.54, 1.807) is 6.07 Å². The van der Waals surface area contributed by atoms with E-state index < -0.39 is 23.7 Å². The van der Waals surface area contributed by atoms with Gasteiger partial charge in [-0.1, -0.05) is 24.3 Å². The number of ether oxygens (including phenoxy) is 1. The summed E-state index contributed by atoms with van der Waals surface area (Å²) in [4.78, 5) is 24.1. The first-order valence-electron chi connectivity index (χ1n) is 9.35. The van der Waals surface area contributed by atoms with E-state index in [1.807, 2.05) is 32.0 Å². The third-order valence-electron chi connectivity index (χ3n) is 5.27.